The van der Waals surface area contributed by atoms with Crippen molar-refractivity contribution < 1.29 is 4.79 Å². The number of hydrogen-bond donors (Lipinski definition) is 1. The van der Waals surface area contributed by atoms with Gasteiger partial charge in [-0.2, -0.15) is 5.26 Å². The van der Waals surface area contributed by atoms with Crippen LogP contribution in [0.5, 0.6) is 0 Å². The fourth-order valence-corrected chi connectivity index (χ4v) is 3.21. The van der Waals surface area contributed by atoms with Crippen molar-refractivity contribution in [3.05, 3.63) is 77.1 Å². The highest BCUT2D eigenvalue weighted by atomic mass is 16.1. The lowest BCUT2D eigenvalue weighted by Gasteiger charge is -2.18. The molecule has 1 aliphatic rings. The Morgan fingerprint density at radius 2 is 1.93 bits per heavy atom. The van der Waals surface area contributed by atoms with Crippen LogP contribution in [-0.2, 0) is 6.42 Å². The number of rotatable bonds is 3. The number of aryl methyl sites for hydroxylation is 1. The van der Waals surface area contributed by atoms with Gasteiger partial charge in [0.15, 0.2) is 0 Å². The van der Waals surface area contributed by atoms with Gasteiger partial charge in [0.1, 0.15) is 11.8 Å². The molecule has 6 heteroatoms. The van der Waals surface area contributed by atoms with E-state index in [-0.39, 0.29) is 11.6 Å². The zero-order chi connectivity index (χ0) is 18.8. The zero-order valence-electron chi connectivity index (χ0n) is 14.8. The lowest BCUT2D eigenvalue weighted by atomic mass is 10.2. The van der Waals surface area contributed by atoms with E-state index in [1.165, 1.54) is 5.56 Å². The molecule has 2 heterocycles. The molecule has 0 aliphatic carbocycles. The minimum Gasteiger partial charge on any atom is -0.319 e. The number of fused-ring (bicyclic) bond motifs is 1. The van der Waals surface area contributed by atoms with Crippen molar-refractivity contribution in [3.8, 4) is 6.07 Å². The van der Waals surface area contributed by atoms with Crippen LogP contribution < -0.4 is 10.2 Å². The molecule has 4 rings (SSSR count). The number of aromatic nitrogens is 2. The fraction of sp³-hybridized carbons (Fsp3) is 0.143. The van der Waals surface area contributed by atoms with Crippen LogP contribution >= 0.6 is 0 Å². The van der Waals surface area contributed by atoms with Gasteiger partial charge in [0.2, 0.25) is 5.95 Å². The van der Waals surface area contributed by atoms with Gasteiger partial charge in [-0.05, 0) is 43.2 Å². The maximum Gasteiger partial charge on any atom is 0.274 e. The van der Waals surface area contributed by atoms with Gasteiger partial charge in [-0.3, -0.25) is 4.79 Å². The number of carbonyl (C=O) groups excluding carboxylic acids is 1. The number of nitrogens with zero attached hydrogens (tertiary/aromatic N) is 4. The Kier molecular flexibility index (Phi) is 4.27. The Bertz CT molecular complexity index is 1070. The van der Waals surface area contributed by atoms with E-state index in [1.807, 2.05) is 30.0 Å². The summed E-state index contributed by atoms with van der Waals surface area (Å²) in [6, 6.07) is 18.7. The first-order chi connectivity index (χ1) is 13.2. The molecule has 0 fully saturated rings. The third-order valence-electron chi connectivity index (χ3n) is 4.50. The number of amides is 1. The Labute approximate surface area is 157 Å². The number of nitriles is 1. The number of para-hydroxylation sites is 2. The maximum atomic E-state index is 12.7. The van der Waals surface area contributed by atoms with Gasteiger partial charge in [-0.1, -0.05) is 30.3 Å². The van der Waals surface area contributed by atoms with Crippen molar-refractivity contribution in [1.82, 2.24) is 9.97 Å². The standard InChI is InChI=1S/C21H17N5O/c1-14-12-18(20(27)24-17-8-4-2-7-16(17)13-22)25-21(23-14)26-11-10-15-6-3-5-9-19(15)26/h2-9,12H,10-11H2,1H3,(H,24,27). The molecule has 27 heavy (non-hydrogen) atoms. The maximum absolute atomic E-state index is 12.7. The second kappa shape index (κ2) is 6.89. The molecule has 1 aliphatic heterocycles. The van der Waals surface area contributed by atoms with Crippen LogP contribution in [0.3, 0.4) is 0 Å². The molecule has 0 saturated carbocycles. The predicted molar refractivity (Wildman–Crippen MR) is 103 cm³/mol. The SMILES string of the molecule is Cc1cc(C(=O)Nc2ccccc2C#N)nc(N2CCc3ccccc32)n1. The van der Waals surface area contributed by atoms with Crippen molar-refractivity contribution in [2.24, 2.45) is 0 Å². The monoisotopic (exact) mass is 355 g/mol. The Hall–Kier alpha value is -3.72. The van der Waals surface area contributed by atoms with Gasteiger partial charge in [-0.25, -0.2) is 9.97 Å². The summed E-state index contributed by atoms with van der Waals surface area (Å²) in [6.45, 7) is 2.62. The number of benzene rings is 2. The van der Waals surface area contributed by atoms with Gasteiger partial charge in [0, 0.05) is 17.9 Å². The largest absolute Gasteiger partial charge is 0.319 e. The number of anilines is 3. The molecule has 0 atom stereocenters. The average Bonchev–Trinajstić information content (AvgIpc) is 3.12. The fourth-order valence-electron chi connectivity index (χ4n) is 3.21. The molecule has 1 amide bonds. The quantitative estimate of drug-likeness (QED) is 0.776. The molecule has 0 radical (unpaired) electrons. The predicted octanol–water partition coefficient (Wildman–Crippen LogP) is 3.60. The lowest BCUT2D eigenvalue weighted by molar-refractivity contribution is 0.102. The van der Waals surface area contributed by atoms with Crippen molar-refractivity contribution in [1.29, 1.82) is 5.26 Å². The van der Waals surface area contributed by atoms with Gasteiger partial charge in [0.25, 0.3) is 5.91 Å². The molecule has 132 valence electrons. The third kappa shape index (κ3) is 3.23. The highest BCUT2D eigenvalue weighted by Crippen LogP contribution is 2.32. The van der Waals surface area contributed by atoms with Gasteiger partial charge in [0.05, 0.1) is 11.3 Å². The van der Waals surface area contributed by atoms with E-state index >= 15 is 0 Å². The average molecular weight is 355 g/mol. The van der Waals surface area contributed by atoms with E-state index in [4.69, 9.17) is 0 Å². The molecule has 6 nitrogen and oxygen atoms in total. The van der Waals surface area contributed by atoms with Gasteiger partial charge < -0.3 is 10.2 Å². The van der Waals surface area contributed by atoms with Crippen molar-refractivity contribution in [2.45, 2.75) is 13.3 Å². The molecule has 2 aromatic carbocycles. The van der Waals surface area contributed by atoms with Crippen molar-refractivity contribution >= 4 is 23.2 Å². The first kappa shape index (κ1) is 16.7. The van der Waals surface area contributed by atoms with Crippen LogP contribution in [0.2, 0.25) is 0 Å². The van der Waals surface area contributed by atoms with Crippen molar-refractivity contribution in [3.63, 3.8) is 0 Å². The van der Waals surface area contributed by atoms with Crippen LogP contribution in [0.4, 0.5) is 17.3 Å². The lowest BCUT2D eigenvalue weighted by Crippen LogP contribution is -2.21. The molecule has 0 bridgehead atoms. The Balaban J connectivity index is 1.65. The summed E-state index contributed by atoms with van der Waals surface area (Å²) in [5.74, 6) is 0.149. The van der Waals surface area contributed by atoms with Crippen LogP contribution in [0.15, 0.2) is 54.6 Å². The third-order valence-corrected chi connectivity index (χ3v) is 4.50. The highest BCUT2D eigenvalue weighted by Gasteiger charge is 2.23. The van der Waals surface area contributed by atoms with E-state index in [0.29, 0.717) is 22.9 Å². The summed E-state index contributed by atoms with van der Waals surface area (Å²) in [5, 5.41) is 12.0. The van der Waals surface area contributed by atoms with E-state index in [2.05, 4.69) is 27.4 Å². The molecule has 3 aromatic rings. The molecular weight excluding hydrogens is 338 g/mol. The molecule has 0 unspecified atom stereocenters. The van der Waals surface area contributed by atoms with Crippen LogP contribution in [-0.4, -0.2) is 22.4 Å². The summed E-state index contributed by atoms with van der Waals surface area (Å²) in [5.41, 5.74) is 4.18. The minimum absolute atomic E-state index is 0.273. The Morgan fingerprint density at radius 3 is 2.78 bits per heavy atom. The van der Waals surface area contributed by atoms with E-state index in [0.717, 1.165) is 18.7 Å². The number of carbonyl (C=O) groups is 1. The summed E-state index contributed by atoms with van der Waals surface area (Å²) in [6.07, 6.45) is 0.921. The highest BCUT2D eigenvalue weighted by molar-refractivity contribution is 6.03. The van der Waals surface area contributed by atoms with Crippen LogP contribution in [0.25, 0.3) is 0 Å². The second-order valence-corrected chi connectivity index (χ2v) is 6.34. The first-order valence-corrected chi connectivity index (χ1v) is 8.67. The van der Waals surface area contributed by atoms with Gasteiger partial charge in [-0.15, -0.1) is 0 Å². The molecule has 0 spiro atoms. The van der Waals surface area contributed by atoms with E-state index < -0.39 is 0 Å². The van der Waals surface area contributed by atoms with E-state index in [9.17, 15) is 10.1 Å². The normalized spacial score (nSPS) is 12.4. The first-order valence-electron chi connectivity index (χ1n) is 8.67. The Morgan fingerprint density at radius 1 is 1.15 bits per heavy atom. The summed E-state index contributed by atoms with van der Waals surface area (Å²) in [7, 11) is 0. The number of hydrogen-bond acceptors (Lipinski definition) is 5. The topological polar surface area (TPSA) is 81.9 Å². The number of nitrogens with one attached hydrogen (secondary N) is 1. The van der Waals surface area contributed by atoms with Crippen LogP contribution in [0.1, 0.15) is 27.3 Å². The summed E-state index contributed by atoms with van der Waals surface area (Å²) >= 11 is 0. The minimum atomic E-state index is -0.364. The molecular formula is C21H17N5O. The zero-order valence-corrected chi connectivity index (χ0v) is 14.8. The second-order valence-electron chi connectivity index (χ2n) is 6.34. The van der Waals surface area contributed by atoms with Crippen LogP contribution in [0, 0.1) is 18.3 Å². The molecule has 1 aromatic heterocycles. The summed E-state index contributed by atoms with van der Waals surface area (Å²) in [4.78, 5) is 23.8. The summed E-state index contributed by atoms with van der Waals surface area (Å²) < 4.78 is 0. The smallest absolute Gasteiger partial charge is 0.274 e. The van der Waals surface area contributed by atoms with Crippen molar-refractivity contribution in [2.75, 3.05) is 16.8 Å². The molecule has 0 saturated heterocycles. The van der Waals surface area contributed by atoms with Gasteiger partial charge >= 0.3 is 0 Å². The molecule has 1 N–H and O–H groups in total. The van der Waals surface area contributed by atoms with E-state index in [1.54, 1.807) is 30.3 Å².